The van der Waals surface area contributed by atoms with Gasteiger partial charge in [0.25, 0.3) is 5.56 Å². The van der Waals surface area contributed by atoms with Gasteiger partial charge in [-0.05, 0) is 6.42 Å². The quantitative estimate of drug-likeness (QED) is 0.279. The smallest absolute Gasteiger partial charge is 0.265 e. The number of aliphatic hydroxyl groups is 1. The van der Waals surface area contributed by atoms with Crippen LogP contribution in [0.2, 0.25) is 0 Å². The predicted molar refractivity (Wildman–Crippen MR) is 103 cm³/mol. The Hall–Kier alpha value is -3.55. The van der Waals surface area contributed by atoms with Gasteiger partial charge in [0.1, 0.15) is 29.8 Å². The number of carbonyl (C=O) groups is 2. The normalized spacial score (nSPS) is 14.5. The predicted octanol–water partition coefficient (Wildman–Crippen LogP) is 2.13. The lowest BCUT2D eigenvalue weighted by Crippen LogP contribution is -2.28. The van der Waals surface area contributed by atoms with E-state index < -0.39 is 22.9 Å². The van der Waals surface area contributed by atoms with Crippen LogP contribution < -0.4 is 5.56 Å². The maximum absolute atomic E-state index is 13.1. The lowest BCUT2D eigenvalue weighted by Gasteiger charge is -2.15. The van der Waals surface area contributed by atoms with Crippen molar-refractivity contribution >= 4 is 23.5 Å². The molecule has 8 nitrogen and oxygen atoms in total. The first kappa shape index (κ1) is 19.2. The van der Waals surface area contributed by atoms with Gasteiger partial charge in [0, 0.05) is 24.6 Å². The highest BCUT2D eigenvalue weighted by atomic mass is 16.6. The summed E-state index contributed by atoms with van der Waals surface area (Å²) in [5, 5.41) is 14.2. The van der Waals surface area contributed by atoms with Gasteiger partial charge >= 0.3 is 0 Å². The molecule has 8 heteroatoms. The third-order valence-electron chi connectivity index (χ3n) is 4.38. The Bertz CT molecular complexity index is 1000. The number of aromatic nitrogens is 2. The Morgan fingerprint density at radius 3 is 2.54 bits per heavy atom. The van der Waals surface area contributed by atoms with Gasteiger partial charge in [-0.15, -0.1) is 0 Å². The van der Waals surface area contributed by atoms with E-state index in [1.165, 1.54) is 24.1 Å². The second kappa shape index (κ2) is 8.43. The summed E-state index contributed by atoms with van der Waals surface area (Å²) in [6.45, 7) is 0.0300. The van der Waals surface area contributed by atoms with Crippen LogP contribution in [0.1, 0.15) is 24.8 Å². The van der Waals surface area contributed by atoms with Crippen molar-refractivity contribution in [3.63, 3.8) is 0 Å². The number of hydrogen-bond acceptors (Lipinski definition) is 7. The Morgan fingerprint density at radius 2 is 1.89 bits per heavy atom. The van der Waals surface area contributed by atoms with Crippen LogP contribution in [0.4, 0.5) is 0 Å². The van der Waals surface area contributed by atoms with Gasteiger partial charge in [-0.3, -0.25) is 19.0 Å². The summed E-state index contributed by atoms with van der Waals surface area (Å²) in [7, 11) is 1.38. The monoisotopic (exact) mass is 381 g/mol. The van der Waals surface area contributed by atoms with Crippen LogP contribution in [0.25, 0.3) is 17.1 Å². The molecule has 0 aliphatic heterocycles. The van der Waals surface area contributed by atoms with Crippen LogP contribution in [0.15, 0.2) is 52.1 Å². The number of nitrogens with zero attached hydrogens (tertiary/aromatic N) is 3. The second-order valence-corrected chi connectivity index (χ2v) is 6.17. The van der Waals surface area contributed by atoms with Crippen molar-refractivity contribution < 1.29 is 19.5 Å². The number of Topliss-reactive ketones (excluding diaryl/α,β-unsaturated/α-hetero) is 2. The zero-order valence-corrected chi connectivity index (χ0v) is 15.3. The topological polar surface area (TPSA) is 111 Å². The molecule has 1 aromatic carbocycles. The average molecular weight is 381 g/mol. The van der Waals surface area contributed by atoms with Crippen LogP contribution in [0.5, 0.6) is 0 Å². The molecule has 0 amide bonds. The van der Waals surface area contributed by atoms with E-state index in [4.69, 9.17) is 0 Å². The fourth-order valence-electron chi connectivity index (χ4n) is 3.04. The van der Waals surface area contributed by atoms with Gasteiger partial charge in [0.05, 0.1) is 12.8 Å². The average Bonchev–Trinajstić information content (AvgIpc) is 2.69. The van der Waals surface area contributed by atoms with Crippen LogP contribution in [0.3, 0.4) is 0 Å². The van der Waals surface area contributed by atoms with E-state index in [0.717, 1.165) is 0 Å². The molecule has 28 heavy (non-hydrogen) atoms. The van der Waals surface area contributed by atoms with Gasteiger partial charge in [0.15, 0.2) is 11.6 Å². The van der Waals surface area contributed by atoms with Crippen LogP contribution in [-0.2, 0) is 21.0 Å². The molecule has 3 rings (SSSR count). The van der Waals surface area contributed by atoms with E-state index >= 15 is 0 Å². The molecule has 0 bridgehead atoms. The number of rotatable bonds is 5. The summed E-state index contributed by atoms with van der Waals surface area (Å²) in [5.74, 6) is -1.19. The number of ketones is 2. The number of allylic oxidation sites excluding steroid dienone is 1. The number of aliphatic hydroxyl groups excluding tert-OH is 1. The molecule has 1 aliphatic carbocycles. The molecule has 1 heterocycles. The van der Waals surface area contributed by atoms with Gasteiger partial charge in [-0.25, -0.2) is 4.98 Å². The number of carbonyl (C=O) groups excluding carboxylic acids is 2. The first-order valence-electron chi connectivity index (χ1n) is 8.74. The standard InChI is InChI=1S/C20H19N3O5/c1-28-22-10-11-23-19(13-6-3-2-4-7-13)21-12-14(20(23)27)18(26)17-15(24)8-5-9-16(17)25/h2-4,6-7,10,12,26H,5,8-9,11H2,1H3. The minimum Gasteiger partial charge on any atom is -0.506 e. The van der Waals surface area contributed by atoms with Crippen molar-refractivity contribution in [2.24, 2.45) is 5.16 Å². The molecule has 0 atom stereocenters. The van der Waals surface area contributed by atoms with E-state index in [1.54, 1.807) is 12.1 Å². The SMILES string of the molecule is CON=CCn1c(-c2ccccc2)ncc(C(O)=C2C(=O)CCCC2=O)c1=O. The van der Waals surface area contributed by atoms with Gasteiger partial charge in [-0.2, -0.15) is 0 Å². The summed E-state index contributed by atoms with van der Waals surface area (Å²) in [6.07, 6.45) is 3.33. The maximum Gasteiger partial charge on any atom is 0.265 e. The molecular weight excluding hydrogens is 362 g/mol. The first-order chi connectivity index (χ1) is 13.5. The molecule has 0 spiro atoms. The highest BCUT2D eigenvalue weighted by molar-refractivity contribution is 6.25. The van der Waals surface area contributed by atoms with E-state index in [1.807, 2.05) is 18.2 Å². The third kappa shape index (κ3) is 3.75. The van der Waals surface area contributed by atoms with Crippen molar-refractivity contribution in [1.82, 2.24) is 9.55 Å². The van der Waals surface area contributed by atoms with Crippen molar-refractivity contribution in [3.05, 3.63) is 58.0 Å². The largest absolute Gasteiger partial charge is 0.506 e. The van der Waals surface area contributed by atoms with E-state index in [9.17, 15) is 19.5 Å². The van der Waals surface area contributed by atoms with E-state index in [-0.39, 0.29) is 30.5 Å². The highest BCUT2D eigenvalue weighted by Gasteiger charge is 2.29. The zero-order chi connectivity index (χ0) is 20.1. The molecule has 1 aromatic heterocycles. The first-order valence-corrected chi connectivity index (χ1v) is 8.74. The summed E-state index contributed by atoms with van der Waals surface area (Å²) >= 11 is 0. The van der Waals surface area contributed by atoms with Crippen molar-refractivity contribution in [1.29, 1.82) is 0 Å². The van der Waals surface area contributed by atoms with Gasteiger partial charge < -0.3 is 9.94 Å². The Kier molecular flexibility index (Phi) is 5.78. The Labute approximate surface area is 160 Å². The maximum atomic E-state index is 13.1. The molecule has 144 valence electrons. The van der Waals surface area contributed by atoms with Gasteiger partial charge in [0.2, 0.25) is 0 Å². The summed E-state index contributed by atoms with van der Waals surface area (Å²) in [6, 6.07) is 9.03. The van der Waals surface area contributed by atoms with Gasteiger partial charge in [-0.1, -0.05) is 35.5 Å². The zero-order valence-electron chi connectivity index (χ0n) is 15.3. The number of benzene rings is 1. The fourth-order valence-corrected chi connectivity index (χ4v) is 3.04. The lowest BCUT2D eigenvalue weighted by atomic mass is 9.90. The Morgan fingerprint density at radius 1 is 1.21 bits per heavy atom. The summed E-state index contributed by atoms with van der Waals surface area (Å²) < 4.78 is 1.29. The van der Waals surface area contributed by atoms with Crippen LogP contribution in [0, 0.1) is 0 Å². The molecule has 1 saturated carbocycles. The van der Waals surface area contributed by atoms with Crippen molar-refractivity contribution in [3.8, 4) is 11.4 Å². The highest BCUT2D eigenvalue weighted by Crippen LogP contribution is 2.24. The lowest BCUT2D eigenvalue weighted by molar-refractivity contribution is -0.123. The molecule has 1 aliphatic rings. The Balaban J connectivity index is 2.18. The van der Waals surface area contributed by atoms with Crippen molar-refractivity contribution in [2.75, 3.05) is 7.11 Å². The molecule has 0 unspecified atom stereocenters. The van der Waals surface area contributed by atoms with Crippen LogP contribution >= 0.6 is 0 Å². The molecule has 2 aromatic rings. The van der Waals surface area contributed by atoms with E-state index in [2.05, 4.69) is 15.0 Å². The summed E-state index contributed by atoms with van der Waals surface area (Å²) in [4.78, 5) is 46.2. The van der Waals surface area contributed by atoms with Crippen LogP contribution in [-0.4, -0.2) is 39.5 Å². The van der Waals surface area contributed by atoms with E-state index in [0.29, 0.717) is 17.8 Å². The number of hydrogen-bond donors (Lipinski definition) is 1. The number of oxime groups is 1. The fraction of sp³-hybridized carbons (Fsp3) is 0.250. The molecule has 0 saturated heterocycles. The minimum absolute atomic E-state index is 0.0300. The second-order valence-electron chi connectivity index (χ2n) is 6.17. The molecule has 1 fully saturated rings. The molecular formula is C20H19N3O5. The summed E-state index contributed by atoms with van der Waals surface area (Å²) in [5.41, 5.74) is -0.430. The van der Waals surface area contributed by atoms with Crippen molar-refractivity contribution in [2.45, 2.75) is 25.8 Å². The molecule has 0 radical (unpaired) electrons. The molecule has 1 N–H and O–H groups in total. The third-order valence-corrected chi connectivity index (χ3v) is 4.38. The minimum atomic E-state index is -0.621.